The average molecular weight is 186 g/mol. The SMILES string of the molecule is CCCCC(CC)CN[C@H](C)CN. The molecule has 1 unspecified atom stereocenters. The van der Waals surface area contributed by atoms with E-state index in [9.17, 15) is 0 Å². The molecule has 0 spiro atoms. The number of nitrogens with one attached hydrogen (secondary N) is 1. The van der Waals surface area contributed by atoms with Gasteiger partial charge in [0.15, 0.2) is 0 Å². The quantitative estimate of drug-likeness (QED) is 0.609. The molecule has 0 bridgehead atoms. The Labute approximate surface area is 83.3 Å². The van der Waals surface area contributed by atoms with E-state index < -0.39 is 0 Å². The lowest BCUT2D eigenvalue weighted by molar-refractivity contribution is 0.397. The van der Waals surface area contributed by atoms with Gasteiger partial charge < -0.3 is 11.1 Å². The Kier molecular flexibility index (Phi) is 8.46. The highest BCUT2D eigenvalue weighted by Gasteiger charge is 2.06. The van der Waals surface area contributed by atoms with Crippen LogP contribution in [0.5, 0.6) is 0 Å². The summed E-state index contributed by atoms with van der Waals surface area (Å²) in [6.07, 6.45) is 5.31. The maximum atomic E-state index is 5.54. The third kappa shape index (κ3) is 7.03. The van der Waals surface area contributed by atoms with Crippen LogP contribution >= 0.6 is 0 Å². The zero-order valence-electron chi connectivity index (χ0n) is 9.47. The number of rotatable bonds is 8. The molecule has 0 fully saturated rings. The van der Waals surface area contributed by atoms with Gasteiger partial charge in [0.25, 0.3) is 0 Å². The van der Waals surface area contributed by atoms with Crippen molar-refractivity contribution in [3.05, 3.63) is 0 Å². The predicted octanol–water partition coefficient (Wildman–Crippen LogP) is 2.14. The van der Waals surface area contributed by atoms with Gasteiger partial charge in [-0.05, 0) is 25.8 Å². The van der Waals surface area contributed by atoms with Crippen molar-refractivity contribution >= 4 is 0 Å². The van der Waals surface area contributed by atoms with E-state index in [1.807, 2.05) is 0 Å². The molecule has 0 amide bonds. The molecule has 0 aromatic heterocycles. The highest BCUT2D eigenvalue weighted by molar-refractivity contribution is 4.66. The molecule has 3 N–H and O–H groups in total. The van der Waals surface area contributed by atoms with Gasteiger partial charge in [-0.25, -0.2) is 0 Å². The van der Waals surface area contributed by atoms with Gasteiger partial charge in [-0.1, -0.05) is 33.1 Å². The molecule has 80 valence electrons. The number of nitrogens with two attached hydrogens (primary N) is 1. The lowest BCUT2D eigenvalue weighted by Crippen LogP contribution is -2.36. The van der Waals surface area contributed by atoms with Crippen LogP contribution in [0.25, 0.3) is 0 Å². The van der Waals surface area contributed by atoms with Crippen LogP contribution in [-0.4, -0.2) is 19.1 Å². The van der Waals surface area contributed by atoms with Gasteiger partial charge in [0.1, 0.15) is 0 Å². The van der Waals surface area contributed by atoms with E-state index in [4.69, 9.17) is 5.73 Å². The monoisotopic (exact) mass is 186 g/mol. The number of unbranched alkanes of at least 4 members (excludes halogenated alkanes) is 1. The molecule has 0 aliphatic rings. The Hall–Kier alpha value is -0.0800. The van der Waals surface area contributed by atoms with Crippen molar-refractivity contribution in [2.45, 2.75) is 52.5 Å². The van der Waals surface area contributed by atoms with E-state index in [2.05, 4.69) is 26.1 Å². The minimum absolute atomic E-state index is 0.468. The molecule has 13 heavy (non-hydrogen) atoms. The van der Waals surface area contributed by atoms with E-state index in [1.54, 1.807) is 0 Å². The van der Waals surface area contributed by atoms with Crippen molar-refractivity contribution in [1.29, 1.82) is 0 Å². The number of hydrogen-bond donors (Lipinski definition) is 2. The highest BCUT2D eigenvalue weighted by atomic mass is 14.9. The lowest BCUT2D eigenvalue weighted by atomic mass is 9.99. The lowest BCUT2D eigenvalue weighted by Gasteiger charge is -2.18. The van der Waals surface area contributed by atoms with Crippen LogP contribution in [0.1, 0.15) is 46.5 Å². The summed E-state index contributed by atoms with van der Waals surface area (Å²) in [5.74, 6) is 0.842. The molecule has 0 aromatic rings. The van der Waals surface area contributed by atoms with Crippen LogP contribution in [0, 0.1) is 5.92 Å². The van der Waals surface area contributed by atoms with Gasteiger partial charge in [0.2, 0.25) is 0 Å². The van der Waals surface area contributed by atoms with Crippen LogP contribution in [0.3, 0.4) is 0 Å². The van der Waals surface area contributed by atoms with Gasteiger partial charge in [0, 0.05) is 12.6 Å². The van der Waals surface area contributed by atoms with Crippen molar-refractivity contribution in [2.75, 3.05) is 13.1 Å². The fourth-order valence-corrected chi connectivity index (χ4v) is 1.39. The first kappa shape index (κ1) is 12.9. The largest absolute Gasteiger partial charge is 0.329 e. The Morgan fingerprint density at radius 2 is 2.00 bits per heavy atom. The molecular formula is C11H26N2. The van der Waals surface area contributed by atoms with Crippen molar-refractivity contribution < 1.29 is 0 Å². The van der Waals surface area contributed by atoms with Crippen LogP contribution < -0.4 is 11.1 Å². The van der Waals surface area contributed by atoms with Gasteiger partial charge in [0.05, 0.1) is 0 Å². The molecule has 0 heterocycles. The fraction of sp³-hybridized carbons (Fsp3) is 1.00. The van der Waals surface area contributed by atoms with E-state index in [0.717, 1.165) is 19.0 Å². The molecule has 2 heteroatoms. The third-order valence-corrected chi connectivity index (χ3v) is 2.65. The molecule has 0 saturated heterocycles. The Morgan fingerprint density at radius 3 is 2.46 bits per heavy atom. The van der Waals surface area contributed by atoms with Crippen LogP contribution in [-0.2, 0) is 0 Å². The molecule has 0 aromatic carbocycles. The summed E-state index contributed by atoms with van der Waals surface area (Å²) in [7, 11) is 0. The van der Waals surface area contributed by atoms with Gasteiger partial charge >= 0.3 is 0 Å². The topological polar surface area (TPSA) is 38.0 Å². The van der Waals surface area contributed by atoms with Crippen molar-refractivity contribution in [2.24, 2.45) is 11.7 Å². The average Bonchev–Trinajstić information content (AvgIpc) is 2.17. The summed E-state index contributed by atoms with van der Waals surface area (Å²) in [6, 6.07) is 0.468. The summed E-state index contributed by atoms with van der Waals surface area (Å²) in [5, 5.41) is 3.47. The summed E-state index contributed by atoms with van der Waals surface area (Å²) >= 11 is 0. The second-order valence-corrected chi connectivity index (χ2v) is 3.96. The molecule has 0 rings (SSSR count). The van der Waals surface area contributed by atoms with Crippen molar-refractivity contribution in [3.63, 3.8) is 0 Å². The number of hydrogen-bond acceptors (Lipinski definition) is 2. The minimum Gasteiger partial charge on any atom is -0.329 e. The molecule has 0 aliphatic carbocycles. The maximum Gasteiger partial charge on any atom is 0.0162 e. The Morgan fingerprint density at radius 1 is 1.31 bits per heavy atom. The zero-order chi connectivity index (χ0) is 10.1. The Bertz CT molecular complexity index is 104. The van der Waals surface area contributed by atoms with E-state index in [1.165, 1.54) is 25.7 Å². The van der Waals surface area contributed by atoms with E-state index in [-0.39, 0.29) is 0 Å². The van der Waals surface area contributed by atoms with Crippen LogP contribution in [0.4, 0.5) is 0 Å². The van der Waals surface area contributed by atoms with Gasteiger partial charge in [-0.3, -0.25) is 0 Å². The molecule has 2 nitrogen and oxygen atoms in total. The highest BCUT2D eigenvalue weighted by Crippen LogP contribution is 2.11. The fourth-order valence-electron chi connectivity index (χ4n) is 1.39. The van der Waals surface area contributed by atoms with E-state index in [0.29, 0.717) is 6.04 Å². The first-order valence-corrected chi connectivity index (χ1v) is 5.68. The summed E-state index contributed by atoms with van der Waals surface area (Å²) in [6.45, 7) is 8.55. The second kappa shape index (κ2) is 8.52. The van der Waals surface area contributed by atoms with Crippen molar-refractivity contribution in [3.8, 4) is 0 Å². The standard InChI is InChI=1S/C11H26N2/c1-4-6-7-11(5-2)9-13-10(3)8-12/h10-11,13H,4-9,12H2,1-3H3/t10-,11?/m1/s1. The van der Waals surface area contributed by atoms with Crippen LogP contribution in [0.2, 0.25) is 0 Å². The normalized spacial score (nSPS) is 15.7. The minimum atomic E-state index is 0.468. The molecule has 2 atom stereocenters. The summed E-state index contributed by atoms with van der Waals surface area (Å²) in [5.41, 5.74) is 5.54. The first-order chi connectivity index (χ1) is 6.24. The summed E-state index contributed by atoms with van der Waals surface area (Å²) in [4.78, 5) is 0. The van der Waals surface area contributed by atoms with Gasteiger partial charge in [-0.15, -0.1) is 0 Å². The van der Waals surface area contributed by atoms with Gasteiger partial charge in [-0.2, -0.15) is 0 Å². The molecule has 0 radical (unpaired) electrons. The Balaban J connectivity index is 3.46. The first-order valence-electron chi connectivity index (χ1n) is 5.68. The molecule has 0 aliphatic heterocycles. The molecular weight excluding hydrogens is 160 g/mol. The smallest absolute Gasteiger partial charge is 0.0162 e. The van der Waals surface area contributed by atoms with E-state index >= 15 is 0 Å². The predicted molar refractivity (Wildman–Crippen MR) is 59.8 cm³/mol. The third-order valence-electron chi connectivity index (χ3n) is 2.65. The van der Waals surface area contributed by atoms with Crippen molar-refractivity contribution in [1.82, 2.24) is 5.32 Å². The van der Waals surface area contributed by atoms with Crippen LogP contribution in [0.15, 0.2) is 0 Å². The zero-order valence-corrected chi connectivity index (χ0v) is 9.47. The maximum absolute atomic E-state index is 5.54. The molecule has 0 saturated carbocycles. The summed E-state index contributed by atoms with van der Waals surface area (Å²) < 4.78 is 0. The second-order valence-electron chi connectivity index (χ2n) is 3.96.